The quantitative estimate of drug-likeness (QED) is 0.328. The van der Waals surface area contributed by atoms with Crippen molar-refractivity contribution in [1.29, 1.82) is 0 Å². The molecule has 1 atom stereocenters. The van der Waals surface area contributed by atoms with Crippen LogP contribution in [0.2, 0.25) is 0 Å². The lowest BCUT2D eigenvalue weighted by Gasteiger charge is -2.02. The number of epoxide rings is 1. The van der Waals surface area contributed by atoms with Crippen LogP contribution in [0.15, 0.2) is 0 Å². The van der Waals surface area contributed by atoms with Crippen LogP contribution in [-0.4, -0.2) is 25.3 Å². The predicted molar refractivity (Wildman–Crippen MR) is 63.3 cm³/mol. The highest BCUT2D eigenvalue weighted by Gasteiger charge is 2.20. The molecule has 0 saturated carbocycles. The molecule has 0 aromatic carbocycles. The summed E-state index contributed by atoms with van der Waals surface area (Å²) in [6.45, 7) is 3.34. The van der Waals surface area contributed by atoms with E-state index in [1.165, 1.54) is 32.1 Å². The Hall–Kier alpha value is -0.570. The molecule has 0 bridgehead atoms. The van der Waals surface area contributed by atoms with E-state index in [2.05, 4.69) is 0 Å². The molecule has 94 valence electrons. The van der Waals surface area contributed by atoms with Gasteiger partial charge < -0.3 is 9.47 Å². The third-order valence-electron chi connectivity index (χ3n) is 2.86. The van der Waals surface area contributed by atoms with Gasteiger partial charge in [0.1, 0.15) is 0 Å². The highest BCUT2D eigenvalue weighted by atomic mass is 16.6. The van der Waals surface area contributed by atoms with Gasteiger partial charge in [0.05, 0.1) is 19.3 Å². The highest BCUT2D eigenvalue weighted by Crippen LogP contribution is 2.18. The van der Waals surface area contributed by atoms with Crippen LogP contribution in [0, 0.1) is 0 Å². The molecule has 0 aliphatic carbocycles. The van der Waals surface area contributed by atoms with Gasteiger partial charge in [-0.25, -0.2) is 0 Å². The summed E-state index contributed by atoms with van der Waals surface area (Å²) in [5.74, 6) is -0.0478. The first-order chi connectivity index (χ1) is 7.83. The molecule has 0 aromatic heterocycles. The highest BCUT2D eigenvalue weighted by molar-refractivity contribution is 5.69. The molecule has 3 heteroatoms. The largest absolute Gasteiger partial charge is 0.466 e. The third-order valence-corrected chi connectivity index (χ3v) is 2.86. The van der Waals surface area contributed by atoms with Crippen LogP contribution in [-0.2, 0) is 14.3 Å². The van der Waals surface area contributed by atoms with Crippen LogP contribution >= 0.6 is 0 Å². The monoisotopic (exact) mass is 228 g/mol. The Balaban J connectivity index is 1.71. The van der Waals surface area contributed by atoms with Crippen molar-refractivity contribution in [2.45, 2.75) is 64.4 Å². The summed E-state index contributed by atoms with van der Waals surface area (Å²) in [6, 6.07) is 0. The Morgan fingerprint density at radius 2 is 1.81 bits per heavy atom. The number of rotatable bonds is 10. The van der Waals surface area contributed by atoms with Gasteiger partial charge in [-0.15, -0.1) is 0 Å². The Morgan fingerprint density at radius 1 is 1.19 bits per heavy atom. The van der Waals surface area contributed by atoms with Gasteiger partial charge in [0.25, 0.3) is 0 Å². The van der Waals surface area contributed by atoms with Crippen molar-refractivity contribution in [2.75, 3.05) is 13.2 Å². The van der Waals surface area contributed by atoms with Gasteiger partial charge in [-0.1, -0.05) is 32.1 Å². The molecule has 1 heterocycles. The number of carbonyl (C=O) groups is 1. The second-order valence-corrected chi connectivity index (χ2v) is 4.42. The third kappa shape index (κ3) is 7.69. The van der Waals surface area contributed by atoms with Crippen LogP contribution < -0.4 is 0 Å². The fourth-order valence-corrected chi connectivity index (χ4v) is 1.82. The van der Waals surface area contributed by atoms with Crippen molar-refractivity contribution in [3.05, 3.63) is 0 Å². The SMILES string of the molecule is CCOC(=O)CCCCCCCCC1CO1. The van der Waals surface area contributed by atoms with Crippen molar-refractivity contribution in [2.24, 2.45) is 0 Å². The van der Waals surface area contributed by atoms with Crippen LogP contribution in [0.5, 0.6) is 0 Å². The summed E-state index contributed by atoms with van der Waals surface area (Å²) in [4.78, 5) is 11.0. The van der Waals surface area contributed by atoms with E-state index in [4.69, 9.17) is 9.47 Å². The molecule has 16 heavy (non-hydrogen) atoms. The Labute approximate surface area is 98.5 Å². The predicted octanol–water partition coefficient (Wildman–Crippen LogP) is 3.07. The van der Waals surface area contributed by atoms with Crippen molar-refractivity contribution >= 4 is 5.97 Å². The molecular formula is C13H24O3. The average Bonchev–Trinajstić information content (AvgIpc) is 3.06. The molecule has 0 spiro atoms. The summed E-state index contributed by atoms with van der Waals surface area (Å²) in [7, 11) is 0. The summed E-state index contributed by atoms with van der Waals surface area (Å²) >= 11 is 0. The molecular weight excluding hydrogens is 204 g/mol. The van der Waals surface area contributed by atoms with Gasteiger partial charge in [0, 0.05) is 6.42 Å². The maximum Gasteiger partial charge on any atom is 0.305 e. The topological polar surface area (TPSA) is 38.8 Å². The van der Waals surface area contributed by atoms with E-state index >= 15 is 0 Å². The Bertz CT molecular complexity index is 188. The molecule has 1 unspecified atom stereocenters. The fourth-order valence-electron chi connectivity index (χ4n) is 1.82. The normalized spacial score (nSPS) is 18.4. The Kier molecular flexibility index (Phi) is 7.23. The summed E-state index contributed by atoms with van der Waals surface area (Å²) in [5.41, 5.74) is 0. The van der Waals surface area contributed by atoms with Crippen LogP contribution in [0.3, 0.4) is 0 Å². The van der Waals surface area contributed by atoms with Crippen molar-refractivity contribution < 1.29 is 14.3 Å². The van der Waals surface area contributed by atoms with Crippen molar-refractivity contribution in [1.82, 2.24) is 0 Å². The molecule has 1 fully saturated rings. The van der Waals surface area contributed by atoms with E-state index in [9.17, 15) is 4.79 Å². The van der Waals surface area contributed by atoms with Crippen LogP contribution in [0.4, 0.5) is 0 Å². The summed E-state index contributed by atoms with van der Waals surface area (Å²) in [5, 5.41) is 0. The standard InChI is InChI=1S/C13H24O3/c1-2-15-13(14)10-8-6-4-3-5-7-9-12-11-16-12/h12H,2-11H2,1H3. The molecule has 1 aliphatic rings. The molecule has 0 aromatic rings. The van der Waals surface area contributed by atoms with Crippen LogP contribution in [0.25, 0.3) is 0 Å². The second kappa shape index (κ2) is 8.57. The summed E-state index contributed by atoms with van der Waals surface area (Å²) < 4.78 is 10.0. The number of hydrogen-bond donors (Lipinski definition) is 0. The first-order valence-electron chi connectivity index (χ1n) is 6.60. The zero-order valence-electron chi connectivity index (χ0n) is 10.4. The molecule has 1 aliphatic heterocycles. The molecule has 0 N–H and O–H groups in total. The van der Waals surface area contributed by atoms with E-state index in [1.807, 2.05) is 6.92 Å². The van der Waals surface area contributed by atoms with E-state index < -0.39 is 0 Å². The Morgan fingerprint density at radius 3 is 2.44 bits per heavy atom. The first-order valence-corrected chi connectivity index (χ1v) is 6.60. The summed E-state index contributed by atoms with van der Waals surface area (Å²) in [6.07, 6.45) is 9.67. The smallest absolute Gasteiger partial charge is 0.305 e. The van der Waals surface area contributed by atoms with Gasteiger partial charge >= 0.3 is 5.97 Å². The number of hydrogen-bond acceptors (Lipinski definition) is 3. The van der Waals surface area contributed by atoms with Gasteiger partial charge in [0.2, 0.25) is 0 Å². The second-order valence-electron chi connectivity index (χ2n) is 4.42. The lowest BCUT2D eigenvalue weighted by Crippen LogP contribution is -2.03. The lowest BCUT2D eigenvalue weighted by molar-refractivity contribution is -0.143. The maximum absolute atomic E-state index is 11.0. The van der Waals surface area contributed by atoms with E-state index in [0.29, 0.717) is 19.1 Å². The zero-order chi connectivity index (χ0) is 11.6. The van der Waals surface area contributed by atoms with E-state index in [1.54, 1.807) is 0 Å². The molecule has 0 amide bonds. The number of esters is 1. The maximum atomic E-state index is 11.0. The fraction of sp³-hybridized carbons (Fsp3) is 0.923. The van der Waals surface area contributed by atoms with Crippen LogP contribution in [0.1, 0.15) is 58.3 Å². The minimum atomic E-state index is -0.0478. The first kappa shape index (κ1) is 13.5. The molecule has 0 radical (unpaired) electrons. The van der Waals surface area contributed by atoms with Crippen molar-refractivity contribution in [3.63, 3.8) is 0 Å². The van der Waals surface area contributed by atoms with Gasteiger partial charge in [-0.2, -0.15) is 0 Å². The molecule has 1 rings (SSSR count). The van der Waals surface area contributed by atoms with E-state index in [-0.39, 0.29) is 5.97 Å². The minimum Gasteiger partial charge on any atom is -0.466 e. The lowest BCUT2D eigenvalue weighted by atomic mass is 10.1. The van der Waals surface area contributed by atoms with Gasteiger partial charge in [-0.3, -0.25) is 4.79 Å². The van der Waals surface area contributed by atoms with E-state index in [0.717, 1.165) is 19.4 Å². The number of carbonyl (C=O) groups excluding carboxylic acids is 1. The number of ether oxygens (including phenoxy) is 2. The van der Waals surface area contributed by atoms with Crippen molar-refractivity contribution in [3.8, 4) is 0 Å². The number of unbranched alkanes of at least 4 members (excludes halogenated alkanes) is 5. The van der Waals surface area contributed by atoms with Gasteiger partial charge in [-0.05, 0) is 19.8 Å². The zero-order valence-corrected chi connectivity index (χ0v) is 10.4. The molecule has 3 nitrogen and oxygen atoms in total. The molecule has 1 saturated heterocycles. The average molecular weight is 228 g/mol. The minimum absolute atomic E-state index is 0.0478. The van der Waals surface area contributed by atoms with Gasteiger partial charge in [0.15, 0.2) is 0 Å².